The number of carbonyl (C=O) groups is 2. The van der Waals surface area contributed by atoms with Crippen molar-refractivity contribution >= 4 is 11.9 Å². The van der Waals surface area contributed by atoms with Gasteiger partial charge in [0.15, 0.2) is 0 Å². The van der Waals surface area contributed by atoms with Crippen molar-refractivity contribution in [1.29, 1.82) is 0 Å². The molecule has 0 radical (unpaired) electrons. The van der Waals surface area contributed by atoms with Crippen LogP contribution in [0.4, 0.5) is 0 Å². The first kappa shape index (κ1) is 11.7. The molecule has 5 nitrogen and oxygen atoms in total. The zero-order chi connectivity index (χ0) is 12.9. The SMILES string of the molecule is O=C(O)C1C2C=CC(C2)C1C(=O)N1CC(CO)C1. The topological polar surface area (TPSA) is 77.8 Å². The second-order valence-electron chi connectivity index (χ2n) is 5.63. The Kier molecular flexibility index (Phi) is 2.66. The average Bonchev–Trinajstić information content (AvgIpc) is 2.86. The number of carboxylic acid groups (broad SMARTS) is 1. The smallest absolute Gasteiger partial charge is 0.307 e. The molecule has 4 unspecified atom stereocenters. The summed E-state index contributed by atoms with van der Waals surface area (Å²) >= 11 is 0. The summed E-state index contributed by atoms with van der Waals surface area (Å²) in [5.74, 6) is -1.55. The van der Waals surface area contributed by atoms with E-state index in [2.05, 4.69) is 0 Å². The Morgan fingerprint density at radius 2 is 1.78 bits per heavy atom. The lowest BCUT2D eigenvalue weighted by molar-refractivity contribution is -0.154. The van der Waals surface area contributed by atoms with Crippen LogP contribution in [0, 0.1) is 29.6 Å². The van der Waals surface area contributed by atoms with Gasteiger partial charge in [-0.2, -0.15) is 0 Å². The molecule has 0 aromatic heterocycles. The lowest BCUT2D eigenvalue weighted by atomic mass is 9.81. The first-order valence-electron chi connectivity index (χ1n) is 6.42. The summed E-state index contributed by atoms with van der Waals surface area (Å²) in [7, 11) is 0. The standard InChI is InChI=1S/C13H17NO4/c15-6-7-4-14(5-7)12(16)10-8-1-2-9(3-8)11(10)13(17)18/h1-2,7-11,15H,3-6H2,(H,17,18). The van der Waals surface area contributed by atoms with E-state index in [0.717, 1.165) is 6.42 Å². The van der Waals surface area contributed by atoms with Crippen molar-refractivity contribution in [3.63, 3.8) is 0 Å². The van der Waals surface area contributed by atoms with E-state index in [1.54, 1.807) is 4.90 Å². The maximum absolute atomic E-state index is 12.3. The van der Waals surface area contributed by atoms with Crippen LogP contribution in [0.25, 0.3) is 0 Å². The van der Waals surface area contributed by atoms with Gasteiger partial charge in [0, 0.05) is 25.6 Å². The highest BCUT2D eigenvalue weighted by molar-refractivity contribution is 5.87. The van der Waals surface area contributed by atoms with E-state index in [4.69, 9.17) is 5.11 Å². The Balaban J connectivity index is 1.73. The van der Waals surface area contributed by atoms with Gasteiger partial charge in [-0.3, -0.25) is 9.59 Å². The van der Waals surface area contributed by atoms with Crippen molar-refractivity contribution in [2.45, 2.75) is 6.42 Å². The van der Waals surface area contributed by atoms with Gasteiger partial charge in [0.2, 0.25) is 5.91 Å². The second-order valence-corrected chi connectivity index (χ2v) is 5.63. The van der Waals surface area contributed by atoms with Gasteiger partial charge >= 0.3 is 5.97 Å². The molecule has 1 amide bonds. The molecule has 1 aliphatic heterocycles. The van der Waals surface area contributed by atoms with Crippen molar-refractivity contribution < 1.29 is 19.8 Å². The van der Waals surface area contributed by atoms with Gasteiger partial charge in [-0.05, 0) is 18.3 Å². The second kappa shape index (κ2) is 4.09. The van der Waals surface area contributed by atoms with E-state index in [9.17, 15) is 14.7 Å². The van der Waals surface area contributed by atoms with Gasteiger partial charge in [0.25, 0.3) is 0 Å². The summed E-state index contributed by atoms with van der Waals surface area (Å²) in [6.07, 6.45) is 4.74. The minimum Gasteiger partial charge on any atom is -0.481 e. The van der Waals surface area contributed by atoms with Gasteiger partial charge < -0.3 is 15.1 Å². The van der Waals surface area contributed by atoms with Gasteiger partial charge in [0.1, 0.15) is 0 Å². The van der Waals surface area contributed by atoms with E-state index in [1.165, 1.54) is 0 Å². The Morgan fingerprint density at radius 1 is 1.17 bits per heavy atom. The highest BCUT2D eigenvalue weighted by atomic mass is 16.4. The highest BCUT2D eigenvalue weighted by Crippen LogP contribution is 2.49. The number of aliphatic hydroxyl groups excluding tert-OH is 1. The molecule has 2 fully saturated rings. The molecular formula is C13H17NO4. The van der Waals surface area contributed by atoms with Gasteiger partial charge in [-0.25, -0.2) is 0 Å². The van der Waals surface area contributed by atoms with Crippen molar-refractivity contribution in [2.24, 2.45) is 29.6 Å². The summed E-state index contributed by atoms with van der Waals surface area (Å²) in [5.41, 5.74) is 0. The summed E-state index contributed by atoms with van der Waals surface area (Å²) in [5, 5.41) is 18.2. The third-order valence-electron chi connectivity index (χ3n) is 4.56. The van der Waals surface area contributed by atoms with Crippen LogP contribution < -0.4 is 0 Å². The number of likely N-dealkylation sites (tertiary alicyclic amines) is 1. The number of fused-ring (bicyclic) bond motifs is 2. The minimum atomic E-state index is -0.857. The summed E-state index contributed by atoms with van der Waals surface area (Å²) in [6, 6.07) is 0. The van der Waals surface area contributed by atoms with Gasteiger partial charge in [0.05, 0.1) is 11.8 Å². The molecule has 2 bridgehead atoms. The lowest BCUT2D eigenvalue weighted by Crippen LogP contribution is -2.55. The number of aliphatic hydroxyl groups is 1. The molecule has 3 rings (SSSR count). The number of aliphatic carboxylic acids is 1. The third-order valence-corrected chi connectivity index (χ3v) is 4.56. The van der Waals surface area contributed by atoms with E-state index < -0.39 is 17.8 Å². The molecule has 2 aliphatic carbocycles. The average molecular weight is 251 g/mol. The number of carboxylic acids is 1. The largest absolute Gasteiger partial charge is 0.481 e. The number of hydrogen-bond donors (Lipinski definition) is 2. The first-order valence-corrected chi connectivity index (χ1v) is 6.42. The maximum Gasteiger partial charge on any atom is 0.307 e. The zero-order valence-electron chi connectivity index (χ0n) is 10.0. The van der Waals surface area contributed by atoms with Crippen LogP contribution >= 0.6 is 0 Å². The summed E-state index contributed by atoms with van der Waals surface area (Å²) in [6.45, 7) is 1.24. The Labute approximate surface area is 105 Å². The molecule has 1 saturated heterocycles. The molecule has 1 saturated carbocycles. The van der Waals surface area contributed by atoms with E-state index >= 15 is 0 Å². The van der Waals surface area contributed by atoms with Crippen LogP contribution in [0.15, 0.2) is 12.2 Å². The Hall–Kier alpha value is -1.36. The molecule has 18 heavy (non-hydrogen) atoms. The van der Waals surface area contributed by atoms with Gasteiger partial charge in [-0.15, -0.1) is 0 Å². The highest BCUT2D eigenvalue weighted by Gasteiger charge is 2.53. The number of amides is 1. The molecule has 3 aliphatic rings. The monoisotopic (exact) mass is 251 g/mol. The molecule has 1 heterocycles. The van der Waals surface area contributed by atoms with Crippen molar-refractivity contribution in [3.8, 4) is 0 Å². The maximum atomic E-state index is 12.3. The van der Waals surface area contributed by atoms with Crippen LogP contribution in [0.1, 0.15) is 6.42 Å². The number of nitrogens with zero attached hydrogens (tertiary/aromatic N) is 1. The van der Waals surface area contributed by atoms with Gasteiger partial charge in [-0.1, -0.05) is 12.2 Å². The number of hydrogen-bond acceptors (Lipinski definition) is 3. The van der Waals surface area contributed by atoms with Crippen molar-refractivity contribution in [2.75, 3.05) is 19.7 Å². The Morgan fingerprint density at radius 3 is 2.33 bits per heavy atom. The minimum absolute atomic E-state index is 0.0244. The summed E-state index contributed by atoms with van der Waals surface area (Å²) in [4.78, 5) is 25.3. The predicted molar refractivity (Wildman–Crippen MR) is 62.5 cm³/mol. The quantitative estimate of drug-likeness (QED) is 0.690. The number of rotatable bonds is 3. The van der Waals surface area contributed by atoms with Crippen LogP contribution in [0.5, 0.6) is 0 Å². The zero-order valence-corrected chi connectivity index (χ0v) is 10.0. The third kappa shape index (κ3) is 1.57. The molecule has 5 heteroatoms. The van der Waals surface area contributed by atoms with E-state index in [0.29, 0.717) is 13.1 Å². The van der Waals surface area contributed by atoms with Crippen LogP contribution in [0.2, 0.25) is 0 Å². The summed E-state index contributed by atoms with van der Waals surface area (Å²) < 4.78 is 0. The fraction of sp³-hybridized carbons (Fsp3) is 0.692. The fourth-order valence-electron chi connectivity index (χ4n) is 3.57. The fourth-order valence-corrected chi connectivity index (χ4v) is 3.57. The molecule has 0 aromatic carbocycles. The molecular weight excluding hydrogens is 234 g/mol. The molecule has 98 valence electrons. The number of carbonyl (C=O) groups excluding carboxylic acids is 1. The number of allylic oxidation sites excluding steroid dienone is 2. The van der Waals surface area contributed by atoms with Crippen molar-refractivity contribution in [1.82, 2.24) is 4.90 Å². The first-order chi connectivity index (χ1) is 8.61. The van der Waals surface area contributed by atoms with Crippen molar-refractivity contribution in [3.05, 3.63) is 12.2 Å². The molecule has 2 N–H and O–H groups in total. The van der Waals surface area contributed by atoms with E-state index in [-0.39, 0.29) is 30.3 Å². The Bertz CT molecular complexity index is 413. The van der Waals surface area contributed by atoms with E-state index in [1.807, 2.05) is 12.2 Å². The normalized spacial score (nSPS) is 37.9. The van der Waals surface area contributed by atoms with Crippen LogP contribution in [0.3, 0.4) is 0 Å². The predicted octanol–water partition coefficient (Wildman–Crippen LogP) is -0.0400. The van der Waals surface area contributed by atoms with Crippen LogP contribution in [-0.4, -0.2) is 46.7 Å². The molecule has 4 atom stereocenters. The van der Waals surface area contributed by atoms with Crippen LogP contribution in [-0.2, 0) is 9.59 Å². The molecule has 0 aromatic rings. The molecule has 0 spiro atoms. The lowest BCUT2D eigenvalue weighted by Gasteiger charge is -2.41.